The van der Waals surface area contributed by atoms with Crippen molar-refractivity contribution in [3.8, 4) is 0 Å². The van der Waals surface area contributed by atoms with Gasteiger partial charge >= 0.3 is 6.03 Å². The van der Waals surface area contributed by atoms with Crippen LogP contribution in [0.15, 0.2) is 34.9 Å². The lowest BCUT2D eigenvalue weighted by Gasteiger charge is -2.10. The number of aromatic nitrogens is 2. The van der Waals surface area contributed by atoms with Crippen LogP contribution in [0.2, 0.25) is 0 Å². The van der Waals surface area contributed by atoms with Gasteiger partial charge in [-0.3, -0.25) is 0 Å². The molecule has 23 heavy (non-hydrogen) atoms. The lowest BCUT2D eigenvalue weighted by Crippen LogP contribution is -2.37. The molecule has 1 aromatic carbocycles. The molecule has 3 rings (SSSR count). The highest BCUT2D eigenvalue weighted by atomic mass is 32.1. The molecule has 0 aliphatic rings. The summed E-state index contributed by atoms with van der Waals surface area (Å²) in [6.07, 6.45) is -0.745. The molecule has 120 valence electrons. The van der Waals surface area contributed by atoms with Gasteiger partial charge in [-0.05, 0) is 17.5 Å². The van der Waals surface area contributed by atoms with E-state index in [-0.39, 0.29) is 13.1 Å². The molecule has 0 aliphatic carbocycles. The molecule has 0 saturated carbocycles. The number of aliphatic hydroxyl groups excluding tert-OH is 1. The molecule has 0 aliphatic heterocycles. The van der Waals surface area contributed by atoms with Crippen LogP contribution in [0.5, 0.6) is 0 Å². The van der Waals surface area contributed by atoms with Gasteiger partial charge in [0.15, 0.2) is 5.82 Å². The predicted molar refractivity (Wildman–Crippen MR) is 86.1 cm³/mol. The third-order valence-electron chi connectivity index (χ3n) is 3.21. The molecule has 7 nitrogen and oxygen atoms in total. The maximum absolute atomic E-state index is 11.7. The van der Waals surface area contributed by atoms with E-state index in [4.69, 9.17) is 4.52 Å². The van der Waals surface area contributed by atoms with E-state index in [9.17, 15) is 9.90 Å². The summed E-state index contributed by atoms with van der Waals surface area (Å²) in [6, 6.07) is 9.45. The van der Waals surface area contributed by atoms with Crippen LogP contribution in [0.3, 0.4) is 0 Å². The molecule has 0 spiro atoms. The minimum Gasteiger partial charge on any atom is -0.386 e. The fourth-order valence-electron chi connectivity index (χ4n) is 2.09. The zero-order chi connectivity index (χ0) is 16.2. The number of thiophene rings is 1. The number of urea groups is 1. The van der Waals surface area contributed by atoms with Crippen LogP contribution in [0, 0.1) is 6.92 Å². The van der Waals surface area contributed by atoms with Crippen molar-refractivity contribution < 1.29 is 14.4 Å². The Kier molecular flexibility index (Phi) is 4.54. The highest BCUT2D eigenvalue weighted by molar-refractivity contribution is 7.19. The summed E-state index contributed by atoms with van der Waals surface area (Å²) in [5, 5.41) is 20.2. The molecular weight excluding hydrogens is 316 g/mol. The molecule has 0 bridgehead atoms. The van der Waals surface area contributed by atoms with Crippen molar-refractivity contribution in [2.24, 2.45) is 0 Å². The second-order valence-corrected chi connectivity index (χ2v) is 6.11. The Morgan fingerprint density at radius 3 is 2.96 bits per heavy atom. The standard InChI is InChI=1S/C15H16N4O3S/c1-9-18-14(19-22-9)8-17-15(21)16-7-11(20)13-6-10-4-2-3-5-12(10)23-13/h2-6,11,20H,7-8H2,1H3,(H2,16,17,21). The summed E-state index contributed by atoms with van der Waals surface area (Å²) in [7, 11) is 0. The molecule has 3 N–H and O–H groups in total. The normalized spacial score (nSPS) is 12.3. The molecule has 0 radical (unpaired) electrons. The summed E-state index contributed by atoms with van der Waals surface area (Å²) in [6.45, 7) is 1.98. The van der Waals surface area contributed by atoms with E-state index in [0.29, 0.717) is 11.7 Å². The number of hydrogen-bond acceptors (Lipinski definition) is 6. The number of nitrogens with one attached hydrogen (secondary N) is 2. The number of carbonyl (C=O) groups is 1. The van der Waals surface area contributed by atoms with Crippen LogP contribution in [-0.2, 0) is 6.54 Å². The van der Waals surface area contributed by atoms with E-state index in [0.717, 1.165) is 15.0 Å². The van der Waals surface area contributed by atoms with Crippen LogP contribution < -0.4 is 10.6 Å². The fourth-order valence-corrected chi connectivity index (χ4v) is 3.14. The van der Waals surface area contributed by atoms with E-state index in [1.165, 1.54) is 11.3 Å². The summed E-state index contributed by atoms with van der Waals surface area (Å²) < 4.78 is 5.92. The van der Waals surface area contributed by atoms with Gasteiger partial charge < -0.3 is 20.3 Å². The molecular formula is C15H16N4O3S. The van der Waals surface area contributed by atoms with Crippen LogP contribution in [0.4, 0.5) is 4.79 Å². The van der Waals surface area contributed by atoms with Crippen LogP contribution in [0.25, 0.3) is 10.1 Å². The topological polar surface area (TPSA) is 100 Å². The zero-order valence-corrected chi connectivity index (χ0v) is 13.3. The Hall–Kier alpha value is -2.45. The lowest BCUT2D eigenvalue weighted by molar-refractivity contribution is 0.176. The minimum atomic E-state index is -0.745. The molecule has 8 heteroatoms. The number of aryl methyl sites for hydroxylation is 1. The Morgan fingerprint density at radius 2 is 2.22 bits per heavy atom. The average molecular weight is 332 g/mol. The second kappa shape index (κ2) is 6.76. The van der Waals surface area contributed by atoms with Gasteiger partial charge in [0.25, 0.3) is 0 Å². The maximum atomic E-state index is 11.7. The Labute approximate surface area is 136 Å². The first-order chi connectivity index (χ1) is 11.1. The van der Waals surface area contributed by atoms with Gasteiger partial charge in [-0.25, -0.2) is 4.79 Å². The van der Waals surface area contributed by atoms with E-state index in [1.54, 1.807) is 6.92 Å². The largest absolute Gasteiger partial charge is 0.386 e. The predicted octanol–water partition coefficient (Wildman–Crippen LogP) is 2.13. The first-order valence-electron chi connectivity index (χ1n) is 7.09. The number of benzene rings is 1. The SMILES string of the molecule is Cc1nc(CNC(=O)NCC(O)c2cc3ccccc3s2)no1. The third-order valence-corrected chi connectivity index (χ3v) is 4.42. The van der Waals surface area contributed by atoms with Gasteiger partial charge in [0.1, 0.15) is 6.10 Å². The summed E-state index contributed by atoms with van der Waals surface area (Å²) >= 11 is 1.52. The van der Waals surface area contributed by atoms with Gasteiger partial charge in [-0.2, -0.15) is 4.98 Å². The lowest BCUT2D eigenvalue weighted by atomic mass is 10.2. The van der Waals surface area contributed by atoms with E-state index in [2.05, 4.69) is 20.8 Å². The van der Waals surface area contributed by atoms with Gasteiger partial charge in [0, 0.05) is 16.5 Å². The molecule has 0 saturated heterocycles. The molecule has 1 atom stereocenters. The van der Waals surface area contributed by atoms with Crippen molar-refractivity contribution >= 4 is 27.5 Å². The first kappa shape index (κ1) is 15.4. The van der Waals surface area contributed by atoms with Crippen LogP contribution in [-0.4, -0.2) is 27.8 Å². The first-order valence-corrected chi connectivity index (χ1v) is 7.91. The Morgan fingerprint density at radius 1 is 1.39 bits per heavy atom. The molecule has 2 amide bonds. The Bertz CT molecular complexity index is 781. The van der Waals surface area contributed by atoms with Crippen molar-refractivity contribution in [3.05, 3.63) is 46.9 Å². The molecule has 0 fully saturated rings. The molecule has 3 aromatic rings. The van der Waals surface area contributed by atoms with Gasteiger partial charge in [0.05, 0.1) is 13.1 Å². The number of fused-ring (bicyclic) bond motifs is 1. The molecule has 2 aromatic heterocycles. The smallest absolute Gasteiger partial charge is 0.315 e. The van der Waals surface area contributed by atoms with Crippen molar-refractivity contribution in [1.29, 1.82) is 0 Å². The van der Waals surface area contributed by atoms with Gasteiger partial charge in [0.2, 0.25) is 5.89 Å². The van der Waals surface area contributed by atoms with E-state index in [1.807, 2.05) is 30.3 Å². The monoisotopic (exact) mass is 332 g/mol. The maximum Gasteiger partial charge on any atom is 0.315 e. The number of aliphatic hydroxyl groups is 1. The third kappa shape index (κ3) is 3.85. The number of carbonyl (C=O) groups excluding carboxylic acids is 1. The fraction of sp³-hybridized carbons (Fsp3) is 0.267. The number of amides is 2. The number of nitrogens with zero attached hydrogens (tertiary/aromatic N) is 2. The van der Waals surface area contributed by atoms with Crippen LogP contribution >= 0.6 is 11.3 Å². The Balaban J connectivity index is 1.49. The summed E-state index contributed by atoms with van der Waals surface area (Å²) in [5.41, 5.74) is 0. The van der Waals surface area contributed by atoms with E-state index < -0.39 is 12.1 Å². The second-order valence-electron chi connectivity index (χ2n) is 5.00. The highest BCUT2D eigenvalue weighted by Gasteiger charge is 2.13. The van der Waals surface area contributed by atoms with Crippen LogP contribution in [0.1, 0.15) is 22.7 Å². The molecule has 2 heterocycles. The zero-order valence-electron chi connectivity index (χ0n) is 12.4. The van der Waals surface area contributed by atoms with Crippen molar-refractivity contribution in [1.82, 2.24) is 20.8 Å². The van der Waals surface area contributed by atoms with E-state index >= 15 is 0 Å². The number of rotatable bonds is 5. The quantitative estimate of drug-likeness (QED) is 0.664. The van der Waals surface area contributed by atoms with Crippen molar-refractivity contribution in [2.75, 3.05) is 6.54 Å². The van der Waals surface area contributed by atoms with Gasteiger partial charge in [-0.1, -0.05) is 23.4 Å². The number of hydrogen-bond donors (Lipinski definition) is 3. The molecule has 1 unspecified atom stereocenters. The van der Waals surface area contributed by atoms with Crippen molar-refractivity contribution in [2.45, 2.75) is 19.6 Å². The summed E-state index contributed by atoms with van der Waals surface area (Å²) in [4.78, 5) is 16.5. The average Bonchev–Trinajstić information content (AvgIpc) is 3.16. The summed E-state index contributed by atoms with van der Waals surface area (Å²) in [5.74, 6) is 0.852. The highest BCUT2D eigenvalue weighted by Crippen LogP contribution is 2.29. The minimum absolute atomic E-state index is 0.129. The van der Waals surface area contributed by atoms with Crippen molar-refractivity contribution in [3.63, 3.8) is 0 Å². The van der Waals surface area contributed by atoms with Gasteiger partial charge in [-0.15, -0.1) is 11.3 Å².